The number of para-hydroxylation sites is 3. The summed E-state index contributed by atoms with van der Waals surface area (Å²) in [6, 6.07) is 45.1. The molecule has 0 spiro atoms. The second-order valence-electron chi connectivity index (χ2n) is 11.4. The summed E-state index contributed by atoms with van der Waals surface area (Å²) in [6.45, 7) is 5.98. The van der Waals surface area contributed by atoms with Crippen molar-refractivity contribution in [2.24, 2.45) is 0 Å². The lowest BCUT2D eigenvalue weighted by Crippen LogP contribution is -2.14. The van der Waals surface area contributed by atoms with Crippen LogP contribution in [0.15, 0.2) is 175 Å². The first-order valence-electron chi connectivity index (χ1n) is 15.6. The molecule has 0 saturated heterocycles. The molecular formula is C43H32N2O. The van der Waals surface area contributed by atoms with Crippen LogP contribution in [0.5, 0.6) is 0 Å². The minimum atomic E-state index is 0.874. The van der Waals surface area contributed by atoms with Crippen LogP contribution in [0.1, 0.15) is 12.5 Å². The number of benzene rings is 6. The van der Waals surface area contributed by atoms with Crippen molar-refractivity contribution in [3.05, 3.63) is 176 Å². The zero-order valence-corrected chi connectivity index (χ0v) is 25.6. The van der Waals surface area contributed by atoms with E-state index in [0.717, 1.165) is 44.6 Å². The molecule has 220 valence electrons. The van der Waals surface area contributed by atoms with E-state index < -0.39 is 0 Å². The van der Waals surface area contributed by atoms with Crippen molar-refractivity contribution in [1.82, 2.24) is 4.57 Å². The molecule has 0 unspecified atom stereocenters. The Morgan fingerprint density at radius 2 is 1.35 bits per heavy atom. The van der Waals surface area contributed by atoms with E-state index in [1.165, 1.54) is 32.6 Å². The van der Waals surface area contributed by atoms with Gasteiger partial charge in [-0.3, -0.25) is 0 Å². The van der Waals surface area contributed by atoms with Crippen LogP contribution >= 0.6 is 0 Å². The van der Waals surface area contributed by atoms with Crippen molar-refractivity contribution < 1.29 is 4.42 Å². The van der Waals surface area contributed by atoms with Crippen LogP contribution < -0.4 is 4.90 Å². The van der Waals surface area contributed by atoms with Gasteiger partial charge in [0.25, 0.3) is 0 Å². The SMILES string of the molecule is C=C/C=C\C(=C\c1cccc2c1oc1cc3ccccc3cc12)N(/C=C/C)c1ccc(-n2c3ccccc3c3ccccc32)cc1. The van der Waals surface area contributed by atoms with Crippen molar-refractivity contribution in [1.29, 1.82) is 0 Å². The molecule has 3 heteroatoms. The number of nitrogens with zero attached hydrogens (tertiary/aromatic N) is 2. The van der Waals surface area contributed by atoms with E-state index in [4.69, 9.17) is 4.42 Å². The summed E-state index contributed by atoms with van der Waals surface area (Å²) in [5.41, 5.74) is 8.33. The van der Waals surface area contributed by atoms with Crippen molar-refractivity contribution in [2.75, 3.05) is 4.90 Å². The van der Waals surface area contributed by atoms with Gasteiger partial charge in [0, 0.05) is 50.4 Å². The molecule has 3 nitrogen and oxygen atoms in total. The van der Waals surface area contributed by atoms with E-state index in [2.05, 4.69) is 168 Å². The molecule has 8 rings (SSSR count). The number of hydrogen-bond acceptors (Lipinski definition) is 2. The Labute approximate surface area is 267 Å². The molecule has 0 radical (unpaired) electrons. The monoisotopic (exact) mass is 592 g/mol. The minimum absolute atomic E-state index is 0.874. The molecule has 0 bridgehead atoms. The van der Waals surface area contributed by atoms with Crippen molar-refractivity contribution >= 4 is 66.3 Å². The van der Waals surface area contributed by atoms with E-state index >= 15 is 0 Å². The summed E-state index contributed by atoms with van der Waals surface area (Å²) in [4.78, 5) is 2.20. The highest BCUT2D eigenvalue weighted by atomic mass is 16.3. The van der Waals surface area contributed by atoms with Gasteiger partial charge in [0.05, 0.1) is 11.0 Å². The van der Waals surface area contributed by atoms with E-state index in [9.17, 15) is 0 Å². The normalized spacial score (nSPS) is 12.5. The van der Waals surface area contributed by atoms with Crippen LogP contribution in [0, 0.1) is 0 Å². The summed E-state index contributed by atoms with van der Waals surface area (Å²) in [5.74, 6) is 0. The van der Waals surface area contributed by atoms with Gasteiger partial charge in [-0.2, -0.15) is 0 Å². The summed E-state index contributed by atoms with van der Waals surface area (Å²) in [7, 11) is 0. The quantitative estimate of drug-likeness (QED) is 0.172. The number of anilines is 1. The average Bonchev–Trinajstić information content (AvgIpc) is 3.64. The van der Waals surface area contributed by atoms with Gasteiger partial charge in [0.2, 0.25) is 0 Å². The summed E-state index contributed by atoms with van der Waals surface area (Å²) in [5, 5.41) is 7.12. The molecule has 8 aromatic rings. The molecule has 0 saturated carbocycles. The molecule has 2 aromatic heterocycles. The Bertz CT molecular complexity index is 2450. The Balaban J connectivity index is 1.24. The van der Waals surface area contributed by atoms with Gasteiger partial charge in [-0.25, -0.2) is 0 Å². The van der Waals surface area contributed by atoms with Crippen LogP contribution in [0.4, 0.5) is 5.69 Å². The summed E-state index contributed by atoms with van der Waals surface area (Å²) in [6.07, 6.45) is 12.2. The molecule has 0 fully saturated rings. The number of furan rings is 1. The molecule has 0 N–H and O–H groups in total. The van der Waals surface area contributed by atoms with Gasteiger partial charge in [0.1, 0.15) is 11.2 Å². The second-order valence-corrected chi connectivity index (χ2v) is 11.4. The third-order valence-corrected chi connectivity index (χ3v) is 8.64. The first-order chi connectivity index (χ1) is 22.7. The molecule has 0 aliphatic carbocycles. The van der Waals surface area contributed by atoms with Gasteiger partial charge in [-0.05, 0) is 78.4 Å². The minimum Gasteiger partial charge on any atom is -0.455 e. The predicted octanol–water partition coefficient (Wildman–Crippen LogP) is 12.0. The van der Waals surface area contributed by atoms with Crippen molar-refractivity contribution in [2.45, 2.75) is 6.92 Å². The third-order valence-electron chi connectivity index (χ3n) is 8.64. The van der Waals surface area contributed by atoms with E-state index in [1.807, 2.05) is 13.0 Å². The average molecular weight is 593 g/mol. The Morgan fingerprint density at radius 1 is 0.696 bits per heavy atom. The van der Waals surface area contributed by atoms with Gasteiger partial charge in [-0.15, -0.1) is 0 Å². The van der Waals surface area contributed by atoms with Crippen LogP contribution in [0.2, 0.25) is 0 Å². The summed E-state index contributed by atoms with van der Waals surface area (Å²) < 4.78 is 8.88. The number of rotatable bonds is 7. The van der Waals surface area contributed by atoms with Crippen molar-refractivity contribution in [3.63, 3.8) is 0 Å². The molecule has 0 aliphatic rings. The summed E-state index contributed by atoms with van der Waals surface area (Å²) >= 11 is 0. The zero-order valence-electron chi connectivity index (χ0n) is 25.6. The first-order valence-corrected chi connectivity index (χ1v) is 15.6. The van der Waals surface area contributed by atoms with Crippen LogP contribution in [-0.4, -0.2) is 4.57 Å². The number of hydrogen-bond donors (Lipinski definition) is 0. The van der Waals surface area contributed by atoms with Crippen molar-refractivity contribution in [3.8, 4) is 5.69 Å². The zero-order chi connectivity index (χ0) is 31.0. The Morgan fingerprint density at radius 3 is 2.04 bits per heavy atom. The first kappa shape index (κ1) is 27.5. The van der Waals surface area contributed by atoms with Gasteiger partial charge >= 0.3 is 0 Å². The van der Waals surface area contributed by atoms with E-state index in [1.54, 1.807) is 6.08 Å². The van der Waals surface area contributed by atoms with E-state index in [-0.39, 0.29) is 0 Å². The van der Waals surface area contributed by atoms with Crippen LogP contribution in [0.3, 0.4) is 0 Å². The molecule has 0 atom stereocenters. The standard InChI is InChI=1S/C43H32N2O/c1-3-5-16-35(27-32-15-12-19-38-39-28-30-13-6-7-14-31(30)29-42(39)46-43(32)38)44(26-4-2)33-22-24-34(25-23-33)45-40-20-10-8-17-36(40)37-18-9-11-21-41(37)45/h3-29H,1H2,2H3/b16-5-,26-4+,35-27-. The molecule has 0 aliphatic heterocycles. The van der Waals surface area contributed by atoms with Gasteiger partial charge < -0.3 is 13.9 Å². The highest BCUT2D eigenvalue weighted by Crippen LogP contribution is 2.36. The molecule has 46 heavy (non-hydrogen) atoms. The maximum absolute atomic E-state index is 6.54. The highest BCUT2D eigenvalue weighted by Gasteiger charge is 2.15. The lowest BCUT2D eigenvalue weighted by molar-refractivity contribution is 0.668. The Hall–Kier alpha value is -6.06. The fourth-order valence-corrected chi connectivity index (χ4v) is 6.58. The van der Waals surface area contributed by atoms with Gasteiger partial charge in [0.15, 0.2) is 0 Å². The molecule has 6 aromatic carbocycles. The maximum atomic E-state index is 6.54. The van der Waals surface area contributed by atoms with Crippen LogP contribution in [0.25, 0.3) is 66.3 Å². The third kappa shape index (κ3) is 4.61. The maximum Gasteiger partial charge on any atom is 0.142 e. The smallest absolute Gasteiger partial charge is 0.142 e. The van der Waals surface area contributed by atoms with Gasteiger partial charge in [-0.1, -0.05) is 104 Å². The number of allylic oxidation sites excluding steroid dienone is 4. The van der Waals surface area contributed by atoms with Crippen LogP contribution in [-0.2, 0) is 0 Å². The predicted molar refractivity (Wildman–Crippen MR) is 197 cm³/mol. The van der Waals surface area contributed by atoms with E-state index in [0.29, 0.717) is 0 Å². The number of fused-ring (bicyclic) bond motifs is 7. The fourth-order valence-electron chi connectivity index (χ4n) is 6.58. The second kappa shape index (κ2) is 11.5. The molecular weight excluding hydrogens is 560 g/mol. The largest absolute Gasteiger partial charge is 0.455 e. The molecule has 2 heterocycles. The highest BCUT2D eigenvalue weighted by molar-refractivity contribution is 6.12. The topological polar surface area (TPSA) is 21.3 Å². The lowest BCUT2D eigenvalue weighted by Gasteiger charge is -2.23. The molecule has 0 amide bonds. The fraction of sp³-hybridized carbons (Fsp3) is 0.0233. The Kier molecular flexibility index (Phi) is 6.85. The number of aromatic nitrogens is 1. The lowest BCUT2D eigenvalue weighted by atomic mass is 10.0.